The van der Waals surface area contributed by atoms with Gasteiger partial charge < -0.3 is 9.15 Å². The van der Waals surface area contributed by atoms with E-state index in [1.54, 1.807) is 12.3 Å². The van der Waals surface area contributed by atoms with Crippen molar-refractivity contribution >= 4 is 55.0 Å². The van der Waals surface area contributed by atoms with Gasteiger partial charge in [-0.3, -0.25) is 4.79 Å². The molecular formula is C20H18Br2N2O3. The SMILES string of the molecule is CC(C)COc1ccc(/C=N\NC(=O)c2cc3cc(Br)cc(Br)c3o2)cc1. The molecule has 3 rings (SSSR count). The number of benzene rings is 2. The molecule has 140 valence electrons. The van der Waals surface area contributed by atoms with Crippen LogP contribution in [0, 0.1) is 5.92 Å². The summed E-state index contributed by atoms with van der Waals surface area (Å²) in [4.78, 5) is 12.2. The monoisotopic (exact) mass is 492 g/mol. The number of hydrazone groups is 1. The molecule has 0 unspecified atom stereocenters. The Morgan fingerprint density at radius 2 is 1.96 bits per heavy atom. The molecule has 0 aliphatic rings. The van der Waals surface area contributed by atoms with Gasteiger partial charge in [-0.2, -0.15) is 5.10 Å². The molecular weight excluding hydrogens is 476 g/mol. The predicted octanol–water partition coefficient (Wildman–Crippen LogP) is 5.76. The summed E-state index contributed by atoms with van der Waals surface area (Å²) in [5.41, 5.74) is 3.94. The van der Waals surface area contributed by atoms with E-state index in [9.17, 15) is 4.79 Å². The number of hydrogen-bond acceptors (Lipinski definition) is 4. The van der Waals surface area contributed by atoms with E-state index in [1.807, 2.05) is 36.4 Å². The topological polar surface area (TPSA) is 63.8 Å². The molecule has 0 aliphatic carbocycles. The van der Waals surface area contributed by atoms with Crippen molar-refractivity contribution in [3.05, 3.63) is 62.7 Å². The molecule has 0 saturated carbocycles. The number of rotatable bonds is 6. The van der Waals surface area contributed by atoms with Crippen molar-refractivity contribution in [3.8, 4) is 5.75 Å². The number of amides is 1. The first-order chi connectivity index (χ1) is 12.9. The van der Waals surface area contributed by atoms with Gasteiger partial charge in [0.15, 0.2) is 5.76 Å². The maximum atomic E-state index is 12.2. The molecule has 0 spiro atoms. The van der Waals surface area contributed by atoms with E-state index in [2.05, 4.69) is 56.2 Å². The van der Waals surface area contributed by atoms with E-state index in [4.69, 9.17) is 9.15 Å². The Morgan fingerprint density at radius 1 is 1.22 bits per heavy atom. The average molecular weight is 494 g/mol. The highest BCUT2D eigenvalue weighted by atomic mass is 79.9. The molecule has 1 N–H and O–H groups in total. The molecule has 0 radical (unpaired) electrons. The second-order valence-electron chi connectivity index (χ2n) is 6.39. The van der Waals surface area contributed by atoms with E-state index in [0.29, 0.717) is 18.1 Å². The fraction of sp³-hybridized carbons (Fsp3) is 0.200. The highest BCUT2D eigenvalue weighted by Gasteiger charge is 2.14. The Morgan fingerprint density at radius 3 is 2.67 bits per heavy atom. The second-order valence-corrected chi connectivity index (χ2v) is 8.16. The van der Waals surface area contributed by atoms with E-state index in [0.717, 1.165) is 25.6 Å². The first kappa shape index (κ1) is 19.6. The van der Waals surface area contributed by atoms with Crippen molar-refractivity contribution in [1.29, 1.82) is 0 Å². The number of nitrogens with zero attached hydrogens (tertiary/aromatic N) is 1. The largest absolute Gasteiger partial charge is 0.493 e. The summed E-state index contributed by atoms with van der Waals surface area (Å²) in [6.45, 7) is 4.88. The van der Waals surface area contributed by atoms with E-state index < -0.39 is 5.91 Å². The Kier molecular flexibility index (Phi) is 6.34. The minimum atomic E-state index is -0.414. The van der Waals surface area contributed by atoms with Gasteiger partial charge >= 0.3 is 5.91 Å². The third kappa shape index (κ3) is 5.20. The molecule has 1 heterocycles. The van der Waals surface area contributed by atoms with Crippen LogP contribution in [-0.2, 0) is 0 Å². The van der Waals surface area contributed by atoms with Crippen LogP contribution in [0.2, 0.25) is 0 Å². The summed E-state index contributed by atoms with van der Waals surface area (Å²) in [6, 6.07) is 12.9. The third-order valence-corrected chi connectivity index (χ3v) is 4.65. The molecule has 1 aromatic heterocycles. The molecule has 0 aliphatic heterocycles. The Bertz CT molecular complexity index is 979. The highest BCUT2D eigenvalue weighted by Crippen LogP contribution is 2.30. The van der Waals surface area contributed by atoms with Crippen molar-refractivity contribution in [2.45, 2.75) is 13.8 Å². The van der Waals surface area contributed by atoms with Crippen molar-refractivity contribution in [1.82, 2.24) is 5.43 Å². The second kappa shape index (κ2) is 8.71. The molecule has 3 aromatic rings. The molecule has 2 aromatic carbocycles. The van der Waals surface area contributed by atoms with Gasteiger partial charge in [-0.05, 0) is 69.9 Å². The van der Waals surface area contributed by atoms with Crippen LogP contribution >= 0.6 is 31.9 Å². The molecule has 0 saturated heterocycles. The summed E-state index contributed by atoms with van der Waals surface area (Å²) >= 11 is 6.84. The van der Waals surface area contributed by atoms with Crippen LogP contribution in [0.1, 0.15) is 30.0 Å². The van der Waals surface area contributed by atoms with Crippen molar-refractivity contribution in [3.63, 3.8) is 0 Å². The maximum absolute atomic E-state index is 12.2. The van der Waals surface area contributed by atoms with Gasteiger partial charge in [0.2, 0.25) is 0 Å². The van der Waals surface area contributed by atoms with Crippen LogP contribution in [0.15, 0.2) is 60.9 Å². The summed E-state index contributed by atoms with van der Waals surface area (Å²) in [5, 5.41) is 4.81. The van der Waals surface area contributed by atoms with E-state index in [-0.39, 0.29) is 5.76 Å². The zero-order valence-corrected chi connectivity index (χ0v) is 18.0. The average Bonchev–Trinajstić information content (AvgIpc) is 3.05. The summed E-state index contributed by atoms with van der Waals surface area (Å²) < 4.78 is 12.9. The maximum Gasteiger partial charge on any atom is 0.307 e. The minimum absolute atomic E-state index is 0.193. The van der Waals surface area contributed by atoms with Crippen LogP contribution in [0.5, 0.6) is 5.75 Å². The lowest BCUT2D eigenvalue weighted by atomic mass is 10.2. The third-order valence-electron chi connectivity index (χ3n) is 3.60. The number of furan rings is 1. The lowest BCUT2D eigenvalue weighted by Crippen LogP contribution is -2.16. The minimum Gasteiger partial charge on any atom is -0.493 e. The fourth-order valence-corrected chi connectivity index (χ4v) is 3.66. The van der Waals surface area contributed by atoms with Crippen molar-refractivity contribution in [2.24, 2.45) is 11.0 Å². The normalized spacial score (nSPS) is 11.4. The number of hydrogen-bond donors (Lipinski definition) is 1. The summed E-state index contributed by atoms with van der Waals surface area (Å²) in [6.07, 6.45) is 1.57. The van der Waals surface area contributed by atoms with Crippen LogP contribution in [0.4, 0.5) is 0 Å². The van der Waals surface area contributed by atoms with Crippen LogP contribution in [0.25, 0.3) is 11.0 Å². The Balaban J connectivity index is 1.62. The lowest BCUT2D eigenvalue weighted by molar-refractivity contribution is 0.0929. The molecule has 7 heteroatoms. The van der Waals surface area contributed by atoms with E-state index in [1.165, 1.54) is 0 Å². The van der Waals surface area contributed by atoms with Gasteiger partial charge in [-0.15, -0.1) is 0 Å². The number of halogens is 2. The van der Waals surface area contributed by atoms with Crippen molar-refractivity contribution in [2.75, 3.05) is 6.61 Å². The smallest absolute Gasteiger partial charge is 0.307 e. The van der Waals surface area contributed by atoms with Crippen molar-refractivity contribution < 1.29 is 13.9 Å². The lowest BCUT2D eigenvalue weighted by Gasteiger charge is -2.08. The number of nitrogens with one attached hydrogen (secondary N) is 1. The van der Waals surface area contributed by atoms with Crippen LogP contribution in [0.3, 0.4) is 0 Å². The molecule has 0 fully saturated rings. The molecule has 0 atom stereocenters. The summed E-state index contributed by atoms with van der Waals surface area (Å²) in [7, 11) is 0. The Labute approximate surface area is 174 Å². The number of fused-ring (bicyclic) bond motifs is 1. The molecule has 5 nitrogen and oxygen atoms in total. The number of carbonyl (C=O) groups is 1. The van der Waals surface area contributed by atoms with E-state index >= 15 is 0 Å². The van der Waals surface area contributed by atoms with Gasteiger partial charge in [0, 0.05) is 9.86 Å². The highest BCUT2D eigenvalue weighted by molar-refractivity contribution is 9.11. The standard InChI is InChI=1S/C20H18Br2N2O3/c1-12(2)11-26-16-5-3-13(4-6-16)10-23-24-20(25)18-8-14-7-15(21)9-17(22)19(14)27-18/h3-10,12H,11H2,1-2H3,(H,24,25)/b23-10-. The molecule has 1 amide bonds. The Hall–Kier alpha value is -2.12. The van der Waals surface area contributed by atoms with Crippen LogP contribution in [-0.4, -0.2) is 18.7 Å². The quantitative estimate of drug-likeness (QED) is 0.351. The predicted molar refractivity (Wildman–Crippen MR) is 113 cm³/mol. The summed E-state index contributed by atoms with van der Waals surface area (Å²) in [5.74, 6) is 1.06. The molecule has 27 heavy (non-hydrogen) atoms. The van der Waals surface area contributed by atoms with Gasteiger partial charge in [0.25, 0.3) is 0 Å². The van der Waals surface area contributed by atoms with Gasteiger partial charge in [-0.1, -0.05) is 29.8 Å². The zero-order chi connectivity index (χ0) is 19.4. The van der Waals surface area contributed by atoms with Gasteiger partial charge in [0.1, 0.15) is 11.3 Å². The first-order valence-corrected chi connectivity index (χ1v) is 9.96. The number of carbonyl (C=O) groups excluding carboxylic acids is 1. The van der Waals surface area contributed by atoms with Crippen LogP contribution < -0.4 is 10.2 Å². The first-order valence-electron chi connectivity index (χ1n) is 8.37. The zero-order valence-electron chi connectivity index (χ0n) is 14.8. The molecule has 0 bridgehead atoms. The van der Waals surface area contributed by atoms with Gasteiger partial charge in [0.05, 0.1) is 17.3 Å². The van der Waals surface area contributed by atoms with Gasteiger partial charge in [-0.25, -0.2) is 5.43 Å². The fourth-order valence-electron chi connectivity index (χ4n) is 2.32. The number of ether oxygens (including phenoxy) is 1.